The van der Waals surface area contributed by atoms with Crippen LogP contribution >= 0.6 is 0 Å². The van der Waals surface area contributed by atoms with Crippen molar-refractivity contribution in [3.8, 4) is 17.2 Å². The number of aliphatic carboxylic acids is 1. The van der Waals surface area contributed by atoms with Gasteiger partial charge in [-0.15, -0.1) is 0 Å². The number of nitrogens with zero attached hydrogens (tertiary/aromatic N) is 1. The number of ether oxygens (including phenoxy) is 4. The van der Waals surface area contributed by atoms with Crippen LogP contribution in [0.5, 0.6) is 17.2 Å². The zero-order chi connectivity index (χ0) is 20.5. The highest BCUT2D eigenvalue weighted by atomic mass is 16.5. The van der Waals surface area contributed by atoms with E-state index < -0.39 is 23.6 Å². The van der Waals surface area contributed by atoms with Crippen LogP contribution in [0, 0.1) is 5.92 Å². The molecule has 0 radical (unpaired) electrons. The lowest BCUT2D eigenvalue weighted by Gasteiger charge is -2.42. The smallest absolute Gasteiger partial charge is 0.328 e. The van der Waals surface area contributed by atoms with Gasteiger partial charge in [0.05, 0.1) is 27.9 Å². The summed E-state index contributed by atoms with van der Waals surface area (Å²) in [5.41, 5.74) is -0.614. The summed E-state index contributed by atoms with van der Waals surface area (Å²) in [6.45, 7) is 2.14. The molecule has 1 aliphatic heterocycles. The van der Waals surface area contributed by atoms with Crippen molar-refractivity contribution >= 4 is 11.9 Å². The summed E-state index contributed by atoms with van der Waals surface area (Å²) in [4.78, 5) is 26.7. The number of rotatable bonds is 5. The Morgan fingerprint density at radius 1 is 1.11 bits per heavy atom. The molecule has 1 atom stereocenters. The van der Waals surface area contributed by atoms with Crippen molar-refractivity contribution in [3.05, 3.63) is 17.7 Å². The number of hydrogen-bond acceptors (Lipinski definition) is 6. The Kier molecular flexibility index (Phi) is 5.69. The molecule has 8 heteroatoms. The van der Waals surface area contributed by atoms with Crippen LogP contribution in [0.15, 0.2) is 12.1 Å². The minimum absolute atomic E-state index is 0.0140. The van der Waals surface area contributed by atoms with Crippen molar-refractivity contribution in [2.45, 2.75) is 44.4 Å². The van der Waals surface area contributed by atoms with Crippen molar-refractivity contribution in [1.29, 1.82) is 0 Å². The number of carbonyl (C=O) groups excluding carboxylic acids is 1. The molecule has 2 aliphatic rings. The third kappa shape index (κ3) is 3.37. The Bertz CT molecular complexity index is 730. The minimum atomic E-state index is -1.07. The summed E-state index contributed by atoms with van der Waals surface area (Å²) in [5.74, 6) is 0.0773. The van der Waals surface area contributed by atoms with Gasteiger partial charge in [-0.2, -0.15) is 0 Å². The molecular weight excluding hydrogens is 366 g/mol. The molecule has 1 N–H and O–H groups in total. The first-order valence-corrected chi connectivity index (χ1v) is 9.37. The van der Waals surface area contributed by atoms with Gasteiger partial charge in [-0.3, -0.25) is 9.69 Å². The van der Waals surface area contributed by atoms with Crippen LogP contribution in [0.1, 0.15) is 43.0 Å². The van der Waals surface area contributed by atoms with Gasteiger partial charge in [-0.25, -0.2) is 4.79 Å². The molecule has 1 aromatic rings. The standard InChI is InChI=1S/C20H27NO7/c1-12-5-7-20(8-6-12)21(14(11-28-20)19(23)24)18(22)13-9-15(25-2)17(27-4)16(10-13)26-3/h9-10,12,14H,5-8,11H2,1-4H3,(H,23,24). The van der Waals surface area contributed by atoms with E-state index in [2.05, 4.69) is 6.92 Å². The number of carbonyl (C=O) groups is 2. The maximum absolute atomic E-state index is 13.5. The number of benzene rings is 1. The molecule has 2 fully saturated rings. The largest absolute Gasteiger partial charge is 0.493 e. The number of carboxylic acid groups (broad SMARTS) is 1. The first kappa shape index (κ1) is 20.3. The maximum Gasteiger partial charge on any atom is 0.328 e. The van der Waals surface area contributed by atoms with E-state index >= 15 is 0 Å². The number of amides is 1. The second-order valence-electron chi connectivity index (χ2n) is 7.38. The number of hydrogen-bond donors (Lipinski definition) is 1. The third-order valence-electron chi connectivity index (χ3n) is 5.73. The van der Waals surface area contributed by atoms with E-state index in [9.17, 15) is 14.7 Å². The fourth-order valence-corrected chi connectivity index (χ4v) is 4.11. The normalized spacial score (nSPS) is 26.9. The predicted octanol–water partition coefficient (Wildman–Crippen LogP) is 2.54. The molecule has 1 heterocycles. The molecular formula is C20H27NO7. The molecule has 0 bridgehead atoms. The molecule has 1 aliphatic carbocycles. The number of carboxylic acids is 1. The highest BCUT2D eigenvalue weighted by Crippen LogP contribution is 2.44. The van der Waals surface area contributed by atoms with Gasteiger partial charge in [0.2, 0.25) is 5.75 Å². The van der Waals surface area contributed by atoms with Crippen molar-refractivity contribution < 1.29 is 33.6 Å². The molecule has 1 amide bonds. The van der Waals surface area contributed by atoms with E-state index in [4.69, 9.17) is 18.9 Å². The highest BCUT2D eigenvalue weighted by molar-refractivity contribution is 5.98. The quantitative estimate of drug-likeness (QED) is 0.821. The first-order chi connectivity index (χ1) is 13.4. The molecule has 28 heavy (non-hydrogen) atoms. The summed E-state index contributed by atoms with van der Waals surface area (Å²) in [6, 6.07) is 2.06. The first-order valence-electron chi connectivity index (χ1n) is 9.37. The Morgan fingerprint density at radius 2 is 1.68 bits per heavy atom. The minimum Gasteiger partial charge on any atom is -0.493 e. The van der Waals surface area contributed by atoms with Crippen LogP contribution < -0.4 is 14.2 Å². The van der Waals surface area contributed by atoms with Crippen LogP contribution in [-0.2, 0) is 9.53 Å². The molecule has 1 saturated heterocycles. The molecule has 0 aromatic heterocycles. The summed E-state index contributed by atoms with van der Waals surface area (Å²) >= 11 is 0. The Labute approximate surface area is 164 Å². The van der Waals surface area contributed by atoms with Crippen molar-refractivity contribution in [2.24, 2.45) is 5.92 Å². The van der Waals surface area contributed by atoms with Crippen LogP contribution in [0.2, 0.25) is 0 Å². The summed E-state index contributed by atoms with van der Waals surface area (Å²) in [6.07, 6.45) is 3.00. The van der Waals surface area contributed by atoms with E-state index in [1.54, 1.807) is 12.1 Å². The second kappa shape index (κ2) is 7.87. The molecule has 3 rings (SSSR count). The zero-order valence-corrected chi connectivity index (χ0v) is 16.7. The Balaban J connectivity index is 2.03. The fourth-order valence-electron chi connectivity index (χ4n) is 4.11. The van der Waals surface area contributed by atoms with Gasteiger partial charge in [0.15, 0.2) is 17.5 Å². The Morgan fingerprint density at radius 3 is 2.14 bits per heavy atom. The fraction of sp³-hybridized carbons (Fsp3) is 0.600. The van der Waals surface area contributed by atoms with Crippen LogP contribution in [-0.4, -0.2) is 61.6 Å². The van der Waals surface area contributed by atoms with E-state index in [-0.39, 0.29) is 12.2 Å². The van der Waals surface area contributed by atoms with Crippen molar-refractivity contribution in [1.82, 2.24) is 4.90 Å². The summed E-state index contributed by atoms with van der Waals surface area (Å²) < 4.78 is 21.9. The van der Waals surface area contributed by atoms with Gasteiger partial charge >= 0.3 is 5.97 Å². The van der Waals surface area contributed by atoms with Crippen LogP contribution in [0.25, 0.3) is 0 Å². The van der Waals surface area contributed by atoms with Gasteiger partial charge in [0.1, 0.15) is 5.72 Å². The van der Waals surface area contributed by atoms with E-state index in [1.807, 2.05) is 0 Å². The topological polar surface area (TPSA) is 94.5 Å². The Hall–Kier alpha value is -2.48. The van der Waals surface area contributed by atoms with Crippen molar-refractivity contribution in [2.75, 3.05) is 27.9 Å². The molecule has 1 unspecified atom stereocenters. The van der Waals surface area contributed by atoms with Crippen molar-refractivity contribution in [3.63, 3.8) is 0 Å². The van der Waals surface area contributed by atoms with Gasteiger partial charge in [-0.1, -0.05) is 6.92 Å². The summed E-state index contributed by atoms with van der Waals surface area (Å²) in [5, 5.41) is 9.69. The van der Waals surface area contributed by atoms with Gasteiger partial charge in [0, 0.05) is 5.56 Å². The molecule has 1 spiro atoms. The second-order valence-corrected chi connectivity index (χ2v) is 7.38. The summed E-state index contributed by atoms with van der Waals surface area (Å²) in [7, 11) is 4.41. The van der Waals surface area contributed by atoms with Crippen LogP contribution in [0.3, 0.4) is 0 Å². The maximum atomic E-state index is 13.5. The molecule has 1 saturated carbocycles. The van der Waals surface area contributed by atoms with E-state index in [0.717, 1.165) is 12.8 Å². The molecule has 154 valence electrons. The SMILES string of the molecule is COc1cc(C(=O)N2C(C(=O)O)COC23CCC(C)CC3)cc(OC)c1OC. The average molecular weight is 393 g/mol. The average Bonchev–Trinajstić information content (AvgIpc) is 3.07. The van der Waals surface area contributed by atoms with E-state index in [0.29, 0.717) is 36.0 Å². The highest BCUT2D eigenvalue weighted by Gasteiger charge is 2.53. The predicted molar refractivity (Wildman–Crippen MR) is 100 cm³/mol. The monoisotopic (exact) mass is 393 g/mol. The lowest BCUT2D eigenvalue weighted by Crippen LogP contribution is -2.55. The number of methoxy groups -OCH3 is 3. The van der Waals surface area contributed by atoms with E-state index in [1.165, 1.54) is 26.2 Å². The van der Waals surface area contributed by atoms with Gasteiger partial charge in [0.25, 0.3) is 5.91 Å². The molecule has 1 aromatic carbocycles. The van der Waals surface area contributed by atoms with Gasteiger partial charge in [-0.05, 0) is 43.7 Å². The molecule has 8 nitrogen and oxygen atoms in total. The third-order valence-corrected chi connectivity index (χ3v) is 5.73. The lowest BCUT2D eigenvalue weighted by molar-refractivity contribution is -0.143. The zero-order valence-electron chi connectivity index (χ0n) is 16.7. The van der Waals surface area contributed by atoms with Gasteiger partial charge < -0.3 is 24.1 Å². The lowest BCUT2D eigenvalue weighted by atomic mass is 9.83. The van der Waals surface area contributed by atoms with Crippen LogP contribution in [0.4, 0.5) is 0 Å².